The number of Topliss-reactive ketones (excluding diaryl/α,β-unsaturated/α-hetero) is 1. The third kappa shape index (κ3) is 3.53. The number of carbonyl (C=O) groups excluding carboxylic acids is 1. The quantitative estimate of drug-likeness (QED) is 0.647. The number of rotatable bonds is 5. The maximum absolute atomic E-state index is 12.3. The van der Waals surface area contributed by atoms with Gasteiger partial charge in [0, 0.05) is 12.8 Å². The Balaban J connectivity index is 1.54. The average Bonchev–Trinajstić information content (AvgIpc) is 3.00. The van der Waals surface area contributed by atoms with Gasteiger partial charge in [-0.1, -0.05) is 27.7 Å². The van der Waals surface area contributed by atoms with E-state index in [2.05, 4.69) is 27.7 Å². The van der Waals surface area contributed by atoms with Crippen molar-refractivity contribution < 1.29 is 15.0 Å². The van der Waals surface area contributed by atoms with Gasteiger partial charge in [-0.2, -0.15) is 0 Å². The lowest BCUT2D eigenvalue weighted by Crippen LogP contribution is -2.58. The number of hydrogen-bond acceptors (Lipinski definition) is 3. The summed E-state index contributed by atoms with van der Waals surface area (Å²) >= 11 is 0. The predicted octanol–water partition coefficient (Wildman–Crippen LogP) is 5.37. The first kappa shape index (κ1) is 21.8. The van der Waals surface area contributed by atoms with Crippen LogP contribution in [0.15, 0.2) is 0 Å². The van der Waals surface area contributed by atoms with Gasteiger partial charge in [-0.3, -0.25) is 4.79 Å². The van der Waals surface area contributed by atoms with E-state index in [4.69, 9.17) is 0 Å². The second kappa shape index (κ2) is 7.93. The third-order valence-electron chi connectivity index (χ3n) is 10.5. The first-order valence-corrected chi connectivity index (χ1v) is 12.6. The SMILES string of the molecule is CCCC(=O)C[C@@H](C)C1CCC2C3C(O)CC4C[C@H](O)CC[C@]4(C)C3CC[C@@]21C. The smallest absolute Gasteiger partial charge is 0.133 e. The Labute approximate surface area is 178 Å². The first-order valence-electron chi connectivity index (χ1n) is 12.6. The number of fused-ring (bicyclic) bond motifs is 5. The largest absolute Gasteiger partial charge is 0.393 e. The molecule has 0 heterocycles. The van der Waals surface area contributed by atoms with Crippen LogP contribution in [0.5, 0.6) is 0 Å². The summed E-state index contributed by atoms with van der Waals surface area (Å²) in [6.45, 7) is 9.39. The van der Waals surface area contributed by atoms with Crippen molar-refractivity contribution in [1.82, 2.24) is 0 Å². The Morgan fingerprint density at radius 2 is 1.69 bits per heavy atom. The zero-order chi connectivity index (χ0) is 21.0. The van der Waals surface area contributed by atoms with E-state index in [-0.39, 0.29) is 17.6 Å². The van der Waals surface area contributed by atoms with Crippen molar-refractivity contribution in [3.63, 3.8) is 0 Å². The Kier molecular flexibility index (Phi) is 5.97. The molecule has 0 bridgehead atoms. The second-order valence-electron chi connectivity index (χ2n) is 11.9. The summed E-state index contributed by atoms with van der Waals surface area (Å²) in [5.41, 5.74) is 0.580. The highest BCUT2D eigenvalue weighted by molar-refractivity contribution is 5.78. The fourth-order valence-corrected chi connectivity index (χ4v) is 9.06. The Morgan fingerprint density at radius 1 is 1.00 bits per heavy atom. The van der Waals surface area contributed by atoms with Crippen LogP contribution in [-0.2, 0) is 4.79 Å². The molecular weight excluding hydrogens is 360 g/mol. The van der Waals surface area contributed by atoms with Gasteiger partial charge in [0.25, 0.3) is 0 Å². The van der Waals surface area contributed by atoms with Crippen molar-refractivity contribution in [2.24, 2.45) is 46.3 Å². The van der Waals surface area contributed by atoms with Gasteiger partial charge < -0.3 is 10.2 Å². The van der Waals surface area contributed by atoms with Crippen molar-refractivity contribution >= 4 is 5.78 Å². The van der Waals surface area contributed by atoms with Crippen molar-refractivity contribution in [3.8, 4) is 0 Å². The van der Waals surface area contributed by atoms with Crippen LogP contribution in [-0.4, -0.2) is 28.2 Å². The monoisotopic (exact) mass is 404 g/mol. The normalized spacial score (nSPS) is 50.3. The molecule has 0 saturated heterocycles. The van der Waals surface area contributed by atoms with Gasteiger partial charge in [0.1, 0.15) is 5.78 Å². The second-order valence-corrected chi connectivity index (χ2v) is 11.9. The topological polar surface area (TPSA) is 57.5 Å². The lowest BCUT2D eigenvalue weighted by molar-refractivity contribution is -0.174. The van der Waals surface area contributed by atoms with E-state index in [9.17, 15) is 15.0 Å². The van der Waals surface area contributed by atoms with Gasteiger partial charge in [0.15, 0.2) is 0 Å². The molecule has 0 spiro atoms. The van der Waals surface area contributed by atoms with Crippen LogP contribution < -0.4 is 0 Å². The molecule has 4 fully saturated rings. The molecule has 3 nitrogen and oxygen atoms in total. The van der Waals surface area contributed by atoms with Gasteiger partial charge >= 0.3 is 0 Å². The van der Waals surface area contributed by atoms with Crippen LogP contribution in [0.25, 0.3) is 0 Å². The Bertz CT molecular complexity index is 617. The molecule has 4 rings (SSSR count). The van der Waals surface area contributed by atoms with E-state index >= 15 is 0 Å². The van der Waals surface area contributed by atoms with Gasteiger partial charge in [-0.15, -0.1) is 0 Å². The minimum absolute atomic E-state index is 0.164. The van der Waals surface area contributed by atoms with Crippen molar-refractivity contribution in [2.45, 2.75) is 111 Å². The van der Waals surface area contributed by atoms with Gasteiger partial charge in [0.05, 0.1) is 12.2 Å². The van der Waals surface area contributed by atoms with Crippen molar-refractivity contribution in [1.29, 1.82) is 0 Å². The van der Waals surface area contributed by atoms with Crippen LogP contribution in [0.1, 0.15) is 98.3 Å². The number of hydrogen-bond donors (Lipinski definition) is 2. The van der Waals surface area contributed by atoms with E-state index in [0.29, 0.717) is 46.7 Å². The summed E-state index contributed by atoms with van der Waals surface area (Å²) in [6, 6.07) is 0. The first-order chi connectivity index (χ1) is 13.7. The zero-order valence-corrected chi connectivity index (χ0v) is 19.2. The molecule has 4 saturated carbocycles. The highest BCUT2D eigenvalue weighted by atomic mass is 16.3. The molecule has 0 amide bonds. The van der Waals surface area contributed by atoms with Crippen molar-refractivity contribution in [3.05, 3.63) is 0 Å². The van der Waals surface area contributed by atoms with E-state index in [1.807, 2.05) is 0 Å². The lowest BCUT2D eigenvalue weighted by atomic mass is 9.43. The van der Waals surface area contributed by atoms with Crippen LogP contribution in [0.4, 0.5) is 0 Å². The standard InChI is InChI=1S/C26H44O3/c1-5-6-18(27)13-16(2)20-7-8-21-24-22(10-12-26(20,21)4)25(3)11-9-19(28)14-17(25)15-23(24)29/h16-17,19-24,28-29H,5-15H2,1-4H3/t16-,17?,19-,20?,21?,22?,23?,24?,25+,26-/m1/s1. The number of ketones is 1. The molecule has 0 aromatic rings. The fourth-order valence-electron chi connectivity index (χ4n) is 9.06. The van der Waals surface area contributed by atoms with Crippen LogP contribution in [0.2, 0.25) is 0 Å². The maximum Gasteiger partial charge on any atom is 0.133 e. The zero-order valence-electron chi connectivity index (χ0n) is 19.2. The highest BCUT2D eigenvalue weighted by Crippen LogP contribution is 2.68. The molecule has 6 unspecified atom stereocenters. The minimum atomic E-state index is -0.205. The molecule has 0 aliphatic heterocycles. The molecule has 4 aliphatic carbocycles. The van der Waals surface area contributed by atoms with Gasteiger partial charge in [-0.25, -0.2) is 0 Å². The van der Waals surface area contributed by atoms with E-state index < -0.39 is 0 Å². The molecule has 0 radical (unpaired) electrons. The molecule has 29 heavy (non-hydrogen) atoms. The van der Waals surface area contributed by atoms with E-state index in [1.54, 1.807) is 0 Å². The molecule has 3 heteroatoms. The molecule has 2 N–H and O–H groups in total. The maximum atomic E-state index is 12.3. The third-order valence-corrected chi connectivity index (χ3v) is 10.5. The van der Waals surface area contributed by atoms with Gasteiger partial charge in [-0.05, 0) is 104 Å². The molecule has 166 valence electrons. The van der Waals surface area contributed by atoms with E-state index in [1.165, 1.54) is 25.7 Å². The summed E-state index contributed by atoms with van der Waals surface area (Å²) in [5.74, 6) is 3.65. The highest BCUT2D eigenvalue weighted by Gasteiger charge is 2.62. The Morgan fingerprint density at radius 3 is 2.41 bits per heavy atom. The summed E-state index contributed by atoms with van der Waals surface area (Å²) in [6.07, 6.45) is 10.8. The van der Waals surface area contributed by atoms with Crippen LogP contribution in [0, 0.1) is 46.3 Å². The minimum Gasteiger partial charge on any atom is -0.393 e. The lowest BCUT2D eigenvalue weighted by Gasteiger charge is -2.62. The fraction of sp³-hybridized carbons (Fsp3) is 0.962. The van der Waals surface area contributed by atoms with Gasteiger partial charge in [0.2, 0.25) is 0 Å². The molecular formula is C26H44O3. The molecule has 0 aromatic heterocycles. The summed E-state index contributed by atoms with van der Waals surface area (Å²) in [4.78, 5) is 12.3. The molecule has 4 aliphatic rings. The number of aliphatic hydroxyl groups excluding tert-OH is 2. The number of carbonyl (C=O) groups is 1. The average molecular weight is 405 g/mol. The van der Waals surface area contributed by atoms with Crippen LogP contribution >= 0.6 is 0 Å². The summed E-state index contributed by atoms with van der Waals surface area (Å²) in [5, 5.41) is 21.5. The van der Waals surface area contributed by atoms with Crippen LogP contribution in [0.3, 0.4) is 0 Å². The van der Waals surface area contributed by atoms with Crippen molar-refractivity contribution in [2.75, 3.05) is 0 Å². The molecule has 0 aromatic carbocycles. The number of aliphatic hydroxyl groups is 2. The Hall–Kier alpha value is -0.410. The molecule has 10 atom stereocenters. The summed E-state index contributed by atoms with van der Waals surface area (Å²) in [7, 11) is 0. The summed E-state index contributed by atoms with van der Waals surface area (Å²) < 4.78 is 0. The van der Waals surface area contributed by atoms with E-state index in [0.717, 1.165) is 44.9 Å². The predicted molar refractivity (Wildman–Crippen MR) is 116 cm³/mol.